The van der Waals surface area contributed by atoms with Crippen LogP contribution in [0.25, 0.3) is 0 Å². The fraction of sp³-hybridized carbons (Fsp3) is 0.438. The summed E-state index contributed by atoms with van der Waals surface area (Å²) in [6.07, 6.45) is -33.5. The molecule has 0 N–H and O–H groups in total. The number of hydrogen-bond donors (Lipinski definition) is 0. The van der Waals surface area contributed by atoms with Crippen molar-refractivity contribution in [3.05, 3.63) is 30.3 Å². The first-order valence-corrected chi connectivity index (χ1v) is 8.45. The van der Waals surface area contributed by atoms with Gasteiger partial charge in [-0.3, -0.25) is 0 Å². The maximum absolute atomic E-state index is 12.8. The van der Waals surface area contributed by atoms with Gasteiger partial charge in [-0.1, -0.05) is 18.2 Å². The third kappa shape index (κ3) is 6.89. The summed E-state index contributed by atoms with van der Waals surface area (Å²) in [5, 5.41) is 0. The molecule has 0 spiro atoms. The number of rotatable bonds is 6. The molecule has 0 saturated carbocycles. The van der Waals surface area contributed by atoms with Gasteiger partial charge in [0, 0.05) is 12.7 Å². The fourth-order valence-electron chi connectivity index (χ4n) is 2.20. The van der Waals surface area contributed by atoms with Crippen molar-refractivity contribution in [2.24, 2.45) is 0 Å². The van der Waals surface area contributed by atoms with Crippen LogP contribution in [0.15, 0.2) is 30.3 Å². The smallest absolute Gasteiger partial charge is 0.434 e. The molecule has 0 aliphatic rings. The number of alkyl halides is 12. The fourth-order valence-corrected chi connectivity index (χ4v) is 2.20. The van der Waals surface area contributed by atoms with Gasteiger partial charge in [-0.2, -0.15) is 62.7 Å². The first-order valence-electron chi connectivity index (χ1n) is 8.45. The number of halogens is 12. The van der Waals surface area contributed by atoms with Gasteiger partial charge in [0.1, 0.15) is 0 Å². The summed E-state index contributed by atoms with van der Waals surface area (Å²) < 4.78 is 161. The highest BCUT2D eigenvalue weighted by Crippen LogP contribution is 2.38. The molecule has 0 aliphatic heterocycles. The lowest BCUT2D eigenvalue weighted by molar-refractivity contribution is -0.302. The highest BCUT2D eigenvalue weighted by atomic mass is 19.4. The quantitative estimate of drug-likeness (QED) is 0.479. The Morgan fingerprint density at radius 1 is 0.618 bits per heavy atom. The zero-order valence-corrected chi connectivity index (χ0v) is 16.2. The number of benzene rings is 1. The average Bonchev–Trinajstić information content (AvgIpc) is 2.67. The van der Waals surface area contributed by atoms with Crippen LogP contribution in [0.5, 0.6) is 12.0 Å². The second-order valence-electron chi connectivity index (χ2n) is 6.26. The van der Waals surface area contributed by atoms with Gasteiger partial charge in [0.25, 0.3) is 12.2 Å². The maximum atomic E-state index is 12.8. The Hall–Kier alpha value is -3.21. The van der Waals surface area contributed by atoms with Gasteiger partial charge >= 0.3 is 36.7 Å². The molecule has 34 heavy (non-hydrogen) atoms. The van der Waals surface area contributed by atoms with Crippen molar-refractivity contribution < 1.29 is 62.2 Å². The first kappa shape index (κ1) is 27.0. The van der Waals surface area contributed by atoms with Gasteiger partial charge < -0.3 is 14.4 Å². The molecule has 0 atom stereocenters. The zero-order valence-electron chi connectivity index (χ0n) is 16.2. The molecule has 6 nitrogen and oxygen atoms in total. The van der Waals surface area contributed by atoms with E-state index in [9.17, 15) is 52.7 Å². The van der Waals surface area contributed by atoms with Gasteiger partial charge in [-0.05, 0) is 12.1 Å². The molecule has 0 unspecified atom stereocenters. The van der Waals surface area contributed by atoms with E-state index >= 15 is 0 Å². The molecule has 2 rings (SSSR count). The number of anilines is 2. The van der Waals surface area contributed by atoms with Crippen molar-refractivity contribution in [1.82, 2.24) is 15.0 Å². The van der Waals surface area contributed by atoms with Gasteiger partial charge in [0.15, 0.2) is 0 Å². The van der Waals surface area contributed by atoms with Crippen LogP contribution in [0, 0.1) is 0 Å². The normalized spacial score (nSPS) is 13.4. The summed E-state index contributed by atoms with van der Waals surface area (Å²) in [4.78, 5) is 9.74. The molecule has 1 aromatic carbocycles. The second-order valence-corrected chi connectivity index (χ2v) is 6.26. The average molecular weight is 518 g/mol. The molecule has 18 heteroatoms. The minimum atomic E-state index is -6.10. The van der Waals surface area contributed by atoms with Crippen LogP contribution in [-0.4, -0.2) is 58.9 Å². The van der Waals surface area contributed by atoms with E-state index in [2.05, 4.69) is 24.4 Å². The lowest BCUT2D eigenvalue weighted by Crippen LogP contribution is -2.47. The van der Waals surface area contributed by atoms with Crippen molar-refractivity contribution in [3.63, 3.8) is 0 Å². The van der Waals surface area contributed by atoms with Crippen LogP contribution in [0.1, 0.15) is 0 Å². The third-order valence-corrected chi connectivity index (χ3v) is 3.66. The van der Waals surface area contributed by atoms with E-state index in [1.54, 1.807) is 0 Å². The Labute approximate surface area is 181 Å². The molecule has 1 heterocycles. The van der Waals surface area contributed by atoms with Crippen molar-refractivity contribution in [3.8, 4) is 12.0 Å². The highest BCUT2D eigenvalue weighted by Gasteiger charge is 2.61. The summed E-state index contributed by atoms with van der Waals surface area (Å²) in [6, 6.07) is 3.09. The number of hydrogen-bond acceptors (Lipinski definition) is 6. The predicted octanol–water partition coefficient (Wildman–Crippen LogP) is 5.38. The number of aromatic nitrogens is 3. The van der Waals surface area contributed by atoms with E-state index in [0.717, 1.165) is 11.9 Å². The first-order chi connectivity index (χ1) is 15.3. The molecule has 190 valence electrons. The van der Waals surface area contributed by atoms with Crippen molar-refractivity contribution in [2.45, 2.75) is 36.9 Å². The van der Waals surface area contributed by atoms with Crippen molar-refractivity contribution in [1.29, 1.82) is 0 Å². The van der Waals surface area contributed by atoms with E-state index in [-0.39, 0.29) is 5.69 Å². The Morgan fingerprint density at radius 2 is 0.971 bits per heavy atom. The number of nitrogens with zero attached hydrogens (tertiary/aromatic N) is 4. The van der Waals surface area contributed by atoms with Crippen LogP contribution in [0.4, 0.5) is 64.3 Å². The Morgan fingerprint density at radius 3 is 1.29 bits per heavy atom. The van der Waals surface area contributed by atoms with Crippen LogP contribution in [0.3, 0.4) is 0 Å². The molecule has 0 saturated heterocycles. The Balaban J connectivity index is 2.59. The van der Waals surface area contributed by atoms with Crippen LogP contribution in [0.2, 0.25) is 0 Å². The van der Waals surface area contributed by atoms with Gasteiger partial charge in [-0.15, -0.1) is 4.98 Å². The van der Waals surface area contributed by atoms with Gasteiger partial charge in [0.2, 0.25) is 5.95 Å². The van der Waals surface area contributed by atoms with E-state index in [1.165, 1.54) is 30.3 Å². The van der Waals surface area contributed by atoms with Crippen LogP contribution >= 0.6 is 0 Å². The lowest BCUT2D eigenvalue weighted by atomic mass is 10.3. The molecule has 0 fully saturated rings. The SMILES string of the molecule is CN(c1ccccc1)c1nc(OC(C(F)(F)F)C(F)(F)F)nc(OC(C(F)(F)F)C(F)(F)F)n1. The summed E-state index contributed by atoms with van der Waals surface area (Å²) in [6.45, 7) is 0. The summed E-state index contributed by atoms with van der Waals surface area (Å²) in [7, 11) is 1.05. The van der Waals surface area contributed by atoms with Crippen LogP contribution < -0.4 is 14.4 Å². The largest absolute Gasteiger partial charge is 0.440 e. The Bertz CT molecular complexity index is 879. The van der Waals surface area contributed by atoms with E-state index in [4.69, 9.17) is 0 Å². The predicted molar refractivity (Wildman–Crippen MR) is 87.4 cm³/mol. The molecular weight excluding hydrogens is 508 g/mol. The molecule has 0 bridgehead atoms. The van der Waals surface area contributed by atoms with Crippen LogP contribution in [-0.2, 0) is 0 Å². The van der Waals surface area contributed by atoms with Crippen molar-refractivity contribution >= 4 is 11.6 Å². The van der Waals surface area contributed by atoms with Gasteiger partial charge in [-0.25, -0.2) is 0 Å². The third-order valence-electron chi connectivity index (χ3n) is 3.66. The lowest BCUT2D eigenvalue weighted by Gasteiger charge is -2.25. The van der Waals surface area contributed by atoms with E-state index in [0.29, 0.717) is 0 Å². The zero-order chi connectivity index (χ0) is 26.1. The summed E-state index contributed by atoms with van der Waals surface area (Å²) >= 11 is 0. The molecule has 0 aliphatic carbocycles. The van der Waals surface area contributed by atoms with Gasteiger partial charge in [0.05, 0.1) is 0 Å². The number of ether oxygens (including phenoxy) is 2. The monoisotopic (exact) mass is 518 g/mol. The molecule has 1 aromatic heterocycles. The molecular formula is C16H10F12N4O2. The van der Waals surface area contributed by atoms with E-state index in [1.807, 2.05) is 0 Å². The summed E-state index contributed by atoms with van der Waals surface area (Å²) in [5.74, 6) is -0.989. The number of para-hydroxylation sites is 1. The maximum Gasteiger partial charge on any atom is 0.434 e. The topological polar surface area (TPSA) is 60.4 Å². The van der Waals surface area contributed by atoms with Crippen molar-refractivity contribution in [2.75, 3.05) is 11.9 Å². The highest BCUT2D eigenvalue weighted by molar-refractivity contribution is 5.56. The molecule has 0 radical (unpaired) electrons. The standard InChI is InChI=1S/C16H10F12N4O2/c1-32(7-5-3-2-4-6-7)10-29-11(33-8(13(17,18)19)14(20,21)22)31-12(30-10)34-9(15(23,24)25)16(26,27)28/h2-6,8-9H,1H3. The Kier molecular flexibility index (Phi) is 7.32. The summed E-state index contributed by atoms with van der Waals surface area (Å²) in [5.41, 5.74) is 0.0805. The molecule has 2 aromatic rings. The minimum Gasteiger partial charge on any atom is -0.440 e. The second kappa shape index (κ2) is 9.21. The molecule has 0 amide bonds. The minimum absolute atomic E-state index is 0.0805. The van der Waals surface area contributed by atoms with E-state index < -0.39 is 54.9 Å².